The maximum Gasteiger partial charge on any atom is 0.112 e. The lowest BCUT2D eigenvalue weighted by Gasteiger charge is -2.10. The van der Waals surface area contributed by atoms with Gasteiger partial charge in [0.2, 0.25) is 0 Å². The van der Waals surface area contributed by atoms with Gasteiger partial charge in [-0.3, -0.25) is 0 Å². The summed E-state index contributed by atoms with van der Waals surface area (Å²) in [6.07, 6.45) is 2.21. The molecule has 2 rings (SSSR count). The zero-order valence-corrected chi connectivity index (χ0v) is 10.6. The lowest BCUT2D eigenvalue weighted by atomic mass is 10.2. The van der Waals surface area contributed by atoms with E-state index < -0.39 is 0 Å². The summed E-state index contributed by atoms with van der Waals surface area (Å²) in [7, 11) is 0. The fourth-order valence-corrected chi connectivity index (χ4v) is 2.11. The standard InChI is InChI=1S/C14H20N2O/c1-3-9-16-13-8-6-5-7-12(13)15-14(16)10-11(17)4-2/h5-8,11,17H,3-4,9-10H2,1-2H3. The number of para-hydroxylation sites is 2. The van der Waals surface area contributed by atoms with Crippen molar-refractivity contribution in [2.24, 2.45) is 0 Å². The maximum atomic E-state index is 9.78. The Morgan fingerprint density at radius 3 is 2.76 bits per heavy atom. The van der Waals surface area contributed by atoms with Crippen molar-refractivity contribution in [3.8, 4) is 0 Å². The van der Waals surface area contributed by atoms with E-state index in [4.69, 9.17) is 0 Å². The average molecular weight is 232 g/mol. The molecule has 0 bridgehead atoms. The van der Waals surface area contributed by atoms with Gasteiger partial charge < -0.3 is 9.67 Å². The van der Waals surface area contributed by atoms with E-state index in [0.717, 1.165) is 30.7 Å². The maximum absolute atomic E-state index is 9.78. The first-order valence-electron chi connectivity index (χ1n) is 6.38. The van der Waals surface area contributed by atoms with E-state index in [1.165, 1.54) is 5.52 Å². The summed E-state index contributed by atoms with van der Waals surface area (Å²) in [5, 5.41) is 9.78. The van der Waals surface area contributed by atoms with Gasteiger partial charge in [0.15, 0.2) is 0 Å². The minimum Gasteiger partial charge on any atom is -0.393 e. The van der Waals surface area contributed by atoms with Crippen molar-refractivity contribution in [2.75, 3.05) is 0 Å². The van der Waals surface area contributed by atoms with Crippen LogP contribution in [0.15, 0.2) is 24.3 Å². The van der Waals surface area contributed by atoms with Crippen LogP contribution in [0.1, 0.15) is 32.5 Å². The quantitative estimate of drug-likeness (QED) is 0.860. The first-order chi connectivity index (χ1) is 8.26. The molecule has 2 aromatic rings. The summed E-state index contributed by atoms with van der Waals surface area (Å²) in [6, 6.07) is 8.17. The normalized spacial score (nSPS) is 13.1. The average Bonchev–Trinajstić information content (AvgIpc) is 2.68. The molecule has 0 aliphatic heterocycles. The summed E-state index contributed by atoms with van der Waals surface area (Å²) >= 11 is 0. The van der Waals surface area contributed by atoms with Crippen LogP contribution in [-0.2, 0) is 13.0 Å². The molecule has 3 heteroatoms. The Hall–Kier alpha value is -1.35. The molecule has 0 spiro atoms. The summed E-state index contributed by atoms with van der Waals surface area (Å²) < 4.78 is 2.23. The monoisotopic (exact) mass is 232 g/mol. The van der Waals surface area contributed by atoms with Crippen molar-refractivity contribution in [2.45, 2.75) is 45.8 Å². The molecule has 0 amide bonds. The van der Waals surface area contributed by atoms with Crippen molar-refractivity contribution in [3.05, 3.63) is 30.1 Å². The van der Waals surface area contributed by atoms with E-state index in [1.807, 2.05) is 25.1 Å². The number of imidazole rings is 1. The van der Waals surface area contributed by atoms with Gasteiger partial charge in [-0.2, -0.15) is 0 Å². The molecule has 0 aliphatic carbocycles. The molecule has 1 aromatic heterocycles. The van der Waals surface area contributed by atoms with Gasteiger partial charge in [-0.25, -0.2) is 4.98 Å². The number of aliphatic hydroxyl groups is 1. The third-order valence-electron chi connectivity index (χ3n) is 3.07. The second-order valence-corrected chi connectivity index (χ2v) is 4.43. The van der Waals surface area contributed by atoms with Gasteiger partial charge in [0, 0.05) is 13.0 Å². The highest BCUT2D eigenvalue weighted by Gasteiger charge is 2.12. The highest BCUT2D eigenvalue weighted by Crippen LogP contribution is 2.18. The molecule has 1 heterocycles. The van der Waals surface area contributed by atoms with Gasteiger partial charge in [-0.1, -0.05) is 26.0 Å². The minimum absolute atomic E-state index is 0.289. The highest BCUT2D eigenvalue weighted by molar-refractivity contribution is 5.75. The summed E-state index contributed by atoms with van der Waals surface area (Å²) in [4.78, 5) is 4.62. The van der Waals surface area contributed by atoms with E-state index >= 15 is 0 Å². The van der Waals surface area contributed by atoms with Crippen molar-refractivity contribution in [1.82, 2.24) is 9.55 Å². The number of fused-ring (bicyclic) bond motifs is 1. The summed E-state index contributed by atoms with van der Waals surface area (Å²) in [5.74, 6) is 1.00. The molecule has 17 heavy (non-hydrogen) atoms. The van der Waals surface area contributed by atoms with Crippen molar-refractivity contribution in [3.63, 3.8) is 0 Å². The molecule has 3 nitrogen and oxygen atoms in total. The van der Waals surface area contributed by atoms with Crippen LogP contribution in [0.5, 0.6) is 0 Å². The molecular formula is C14H20N2O. The molecule has 1 N–H and O–H groups in total. The topological polar surface area (TPSA) is 38.0 Å². The molecule has 1 aromatic carbocycles. The van der Waals surface area contributed by atoms with Crippen LogP contribution in [0.2, 0.25) is 0 Å². The zero-order valence-electron chi connectivity index (χ0n) is 10.6. The number of aliphatic hydroxyl groups excluding tert-OH is 1. The van der Waals surface area contributed by atoms with E-state index in [2.05, 4.69) is 22.5 Å². The Bertz CT molecular complexity index is 490. The number of hydrogen-bond acceptors (Lipinski definition) is 2. The lowest BCUT2D eigenvalue weighted by molar-refractivity contribution is 0.167. The predicted octanol–water partition coefficient (Wildman–Crippen LogP) is 2.76. The third kappa shape index (κ3) is 2.50. The summed E-state index contributed by atoms with van der Waals surface area (Å²) in [5.41, 5.74) is 2.20. The van der Waals surface area contributed by atoms with Gasteiger partial charge in [0.1, 0.15) is 5.82 Å². The van der Waals surface area contributed by atoms with Crippen LogP contribution >= 0.6 is 0 Å². The SMILES string of the molecule is CCCn1c(CC(O)CC)nc2ccccc21. The van der Waals surface area contributed by atoms with E-state index in [0.29, 0.717) is 6.42 Å². The molecule has 92 valence electrons. The van der Waals surface area contributed by atoms with E-state index in [-0.39, 0.29) is 6.10 Å². The van der Waals surface area contributed by atoms with Crippen LogP contribution in [0.4, 0.5) is 0 Å². The number of rotatable bonds is 5. The first-order valence-corrected chi connectivity index (χ1v) is 6.38. The van der Waals surface area contributed by atoms with Crippen molar-refractivity contribution in [1.29, 1.82) is 0 Å². The predicted molar refractivity (Wildman–Crippen MR) is 70.0 cm³/mol. The largest absolute Gasteiger partial charge is 0.393 e. The van der Waals surface area contributed by atoms with E-state index in [1.54, 1.807) is 0 Å². The number of aromatic nitrogens is 2. The molecule has 1 unspecified atom stereocenters. The Labute approximate surface area is 102 Å². The zero-order chi connectivity index (χ0) is 12.3. The Kier molecular flexibility index (Phi) is 3.79. The third-order valence-corrected chi connectivity index (χ3v) is 3.07. The number of nitrogens with zero attached hydrogens (tertiary/aromatic N) is 2. The Balaban J connectivity index is 2.42. The number of benzene rings is 1. The first kappa shape index (κ1) is 12.1. The molecule has 0 fully saturated rings. The number of hydrogen-bond donors (Lipinski definition) is 1. The molecule has 1 atom stereocenters. The van der Waals surface area contributed by atoms with Gasteiger partial charge in [-0.05, 0) is 25.0 Å². The van der Waals surface area contributed by atoms with E-state index in [9.17, 15) is 5.11 Å². The van der Waals surface area contributed by atoms with Gasteiger partial charge in [0.05, 0.1) is 17.1 Å². The fourth-order valence-electron chi connectivity index (χ4n) is 2.11. The molecule has 0 saturated carbocycles. The minimum atomic E-state index is -0.289. The number of aryl methyl sites for hydroxylation is 1. The molecular weight excluding hydrogens is 212 g/mol. The second-order valence-electron chi connectivity index (χ2n) is 4.43. The lowest BCUT2D eigenvalue weighted by Crippen LogP contribution is -2.13. The van der Waals surface area contributed by atoms with Crippen LogP contribution in [0.25, 0.3) is 11.0 Å². The van der Waals surface area contributed by atoms with Gasteiger partial charge in [0.25, 0.3) is 0 Å². The molecule has 0 radical (unpaired) electrons. The Morgan fingerprint density at radius 1 is 1.29 bits per heavy atom. The van der Waals surface area contributed by atoms with Gasteiger partial charge in [-0.15, -0.1) is 0 Å². The Morgan fingerprint density at radius 2 is 2.06 bits per heavy atom. The van der Waals surface area contributed by atoms with Crippen molar-refractivity contribution < 1.29 is 5.11 Å². The van der Waals surface area contributed by atoms with Crippen LogP contribution in [0.3, 0.4) is 0 Å². The summed E-state index contributed by atoms with van der Waals surface area (Å²) in [6.45, 7) is 5.12. The van der Waals surface area contributed by atoms with Crippen LogP contribution in [0, 0.1) is 0 Å². The van der Waals surface area contributed by atoms with Crippen molar-refractivity contribution >= 4 is 11.0 Å². The highest BCUT2D eigenvalue weighted by atomic mass is 16.3. The van der Waals surface area contributed by atoms with Crippen LogP contribution < -0.4 is 0 Å². The van der Waals surface area contributed by atoms with Gasteiger partial charge >= 0.3 is 0 Å². The molecule has 0 aliphatic rings. The second kappa shape index (κ2) is 5.32. The molecule has 0 saturated heterocycles. The van der Waals surface area contributed by atoms with Crippen LogP contribution in [-0.4, -0.2) is 20.8 Å². The fraction of sp³-hybridized carbons (Fsp3) is 0.500. The smallest absolute Gasteiger partial charge is 0.112 e.